The van der Waals surface area contributed by atoms with Gasteiger partial charge in [0.05, 0.1) is 0 Å². The summed E-state index contributed by atoms with van der Waals surface area (Å²) in [5.41, 5.74) is 1.02. The monoisotopic (exact) mass is 319 g/mol. The van der Waals surface area contributed by atoms with Crippen LogP contribution in [0.4, 0.5) is 4.79 Å². The summed E-state index contributed by atoms with van der Waals surface area (Å²) < 4.78 is 5.82. The number of likely N-dealkylation sites (tertiary alicyclic amines) is 1. The Morgan fingerprint density at radius 2 is 1.61 bits per heavy atom. The first kappa shape index (κ1) is 16.0. The van der Waals surface area contributed by atoms with Gasteiger partial charge in [0, 0.05) is 64.5 Å². The number of piperazine rings is 1. The molecule has 2 aliphatic rings. The fourth-order valence-electron chi connectivity index (χ4n) is 2.95. The van der Waals surface area contributed by atoms with Gasteiger partial charge < -0.3 is 19.4 Å². The van der Waals surface area contributed by atoms with Gasteiger partial charge in [-0.3, -0.25) is 0 Å². The first-order valence-corrected chi connectivity index (χ1v) is 8.29. The Hall–Kier alpha value is -1.89. The fraction of sp³-hybridized carbons (Fsp3) is 0.688. The molecule has 7 heteroatoms. The predicted octanol–water partition coefficient (Wildman–Crippen LogP) is 0.996. The Balaban J connectivity index is 1.46. The molecule has 1 aromatic heterocycles. The Morgan fingerprint density at radius 1 is 1.04 bits per heavy atom. The van der Waals surface area contributed by atoms with Crippen molar-refractivity contribution in [1.82, 2.24) is 24.7 Å². The summed E-state index contributed by atoms with van der Waals surface area (Å²) in [5, 5.41) is 0. The van der Waals surface area contributed by atoms with Crippen LogP contribution in [0.2, 0.25) is 0 Å². The summed E-state index contributed by atoms with van der Waals surface area (Å²) in [6, 6.07) is 0.600. The van der Waals surface area contributed by atoms with Gasteiger partial charge in [-0.2, -0.15) is 0 Å². The second kappa shape index (κ2) is 7.12. The lowest BCUT2D eigenvalue weighted by molar-refractivity contribution is 0.0799. The topological polar surface area (TPSA) is 61.8 Å². The van der Waals surface area contributed by atoms with Crippen LogP contribution in [0, 0.1) is 6.92 Å². The molecule has 0 spiro atoms. The van der Waals surface area contributed by atoms with Gasteiger partial charge in [-0.25, -0.2) is 14.8 Å². The molecule has 7 nitrogen and oxygen atoms in total. The number of nitrogens with zero attached hydrogens (tertiary/aromatic N) is 5. The molecular formula is C16H25N5O2. The number of hydrogen-bond donors (Lipinski definition) is 0. The number of aromatic nitrogens is 2. The van der Waals surface area contributed by atoms with Crippen molar-refractivity contribution in [3.63, 3.8) is 0 Å². The zero-order valence-corrected chi connectivity index (χ0v) is 13.9. The Morgan fingerprint density at radius 3 is 2.22 bits per heavy atom. The zero-order valence-electron chi connectivity index (χ0n) is 13.9. The predicted molar refractivity (Wildman–Crippen MR) is 86.5 cm³/mol. The first-order chi connectivity index (χ1) is 11.1. The maximum absolute atomic E-state index is 12.5. The molecule has 0 N–H and O–H groups in total. The highest BCUT2D eigenvalue weighted by molar-refractivity contribution is 5.74. The van der Waals surface area contributed by atoms with Gasteiger partial charge in [0.1, 0.15) is 6.10 Å². The molecule has 2 aliphatic heterocycles. The van der Waals surface area contributed by atoms with Gasteiger partial charge in [0.15, 0.2) is 0 Å². The number of amides is 2. The van der Waals surface area contributed by atoms with Crippen LogP contribution in [0.3, 0.4) is 0 Å². The van der Waals surface area contributed by atoms with E-state index in [2.05, 4.69) is 21.9 Å². The molecule has 0 aliphatic carbocycles. The maximum Gasteiger partial charge on any atom is 0.320 e. The van der Waals surface area contributed by atoms with Crippen molar-refractivity contribution >= 4 is 6.03 Å². The van der Waals surface area contributed by atoms with E-state index in [0.29, 0.717) is 6.01 Å². The summed E-state index contributed by atoms with van der Waals surface area (Å²) in [6.45, 7) is 6.98. The van der Waals surface area contributed by atoms with E-state index in [1.54, 1.807) is 12.4 Å². The molecule has 2 fully saturated rings. The molecule has 2 saturated heterocycles. The minimum Gasteiger partial charge on any atom is -0.460 e. The first-order valence-electron chi connectivity index (χ1n) is 8.29. The molecule has 0 radical (unpaired) electrons. The molecule has 2 amide bonds. The minimum atomic E-state index is 0.0919. The Bertz CT molecular complexity index is 520. The number of rotatable bonds is 2. The van der Waals surface area contributed by atoms with E-state index >= 15 is 0 Å². The van der Waals surface area contributed by atoms with Crippen LogP contribution in [0.25, 0.3) is 0 Å². The van der Waals surface area contributed by atoms with Gasteiger partial charge in [0.2, 0.25) is 0 Å². The normalized spacial score (nSPS) is 20.6. The van der Waals surface area contributed by atoms with Crippen molar-refractivity contribution in [2.75, 3.05) is 46.3 Å². The van der Waals surface area contributed by atoms with E-state index in [1.165, 1.54) is 0 Å². The van der Waals surface area contributed by atoms with Gasteiger partial charge in [-0.1, -0.05) is 0 Å². The van der Waals surface area contributed by atoms with E-state index in [4.69, 9.17) is 4.74 Å². The second-order valence-electron chi connectivity index (χ2n) is 6.42. The van der Waals surface area contributed by atoms with Crippen molar-refractivity contribution in [3.05, 3.63) is 18.0 Å². The second-order valence-corrected chi connectivity index (χ2v) is 6.42. The summed E-state index contributed by atoms with van der Waals surface area (Å²) in [6.07, 6.45) is 5.27. The number of carbonyl (C=O) groups is 1. The van der Waals surface area contributed by atoms with Crippen molar-refractivity contribution < 1.29 is 9.53 Å². The van der Waals surface area contributed by atoms with Gasteiger partial charge in [-0.05, 0) is 19.5 Å². The average molecular weight is 319 g/mol. The lowest BCUT2D eigenvalue weighted by Gasteiger charge is -2.38. The number of aryl methyl sites for hydroxylation is 1. The van der Waals surface area contributed by atoms with E-state index in [1.807, 2.05) is 16.7 Å². The van der Waals surface area contributed by atoms with Crippen molar-refractivity contribution in [1.29, 1.82) is 0 Å². The molecule has 23 heavy (non-hydrogen) atoms. The molecule has 0 unspecified atom stereocenters. The smallest absolute Gasteiger partial charge is 0.320 e. The van der Waals surface area contributed by atoms with Crippen LogP contribution in [0.5, 0.6) is 6.01 Å². The fourth-order valence-corrected chi connectivity index (χ4v) is 2.95. The number of piperidine rings is 1. The van der Waals surface area contributed by atoms with Gasteiger partial charge >= 0.3 is 12.0 Å². The van der Waals surface area contributed by atoms with Gasteiger partial charge in [0.25, 0.3) is 0 Å². The van der Waals surface area contributed by atoms with E-state index in [0.717, 1.165) is 57.7 Å². The largest absolute Gasteiger partial charge is 0.460 e. The molecule has 3 heterocycles. The Kier molecular flexibility index (Phi) is 4.95. The van der Waals surface area contributed by atoms with Crippen LogP contribution in [0.15, 0.2) is 12.4 Å². The number of carbonyl (C=O) groups excluding carboxylic acids is 1. The molecule has 0 saturated carbocycles. The summed E-state index contributed by atoms with van der Waals surface area (Å²) in [4.78, 5) is 27.1. The van der Waals surface area contributed by atoms with Crippen LogP contribution in [-0.2, 0) is 0 Å². The molecule has 0 bridgehead atoms. The molecule has 3 rings (SSSR count). The highest BCUT2D eigenvalue weighted by Gasteiger charge is 2.28. The summed E-state index contributed by atoms with van der Waals surface area (Å²) in [7, 11) is 2.10. The van der Waals surface area contributed by atoms with Crippen LogP contribution in [-0.4, -0.2) is 83.1 Å². The van der Waals surface area contributed by atoms with E-state index < -0.39 is 0 Å². The quantitative estimate of drug-likeness (QED) is 0.814. The number of ether oxygens (including phenoxy) is 1. The highest BCUT2D eigenvalue weighted by atomic mass is 16.5. The molecule has 0 aromatic carbocycles. The van der Waals surface area contributed by atoms with E-state index in [-0.39, 0.29) is 12.1 Å². The van der Waals surface area contributed by atoms with E-state index in [9.17, 15) is 4.79 Å². The van der Waals surface area contributed by atoms with Crippen molar-refractivity contribution in [3.8, 4) is 6.01 Å². The van der Waals surface area contributed by atoms with Crippen LogP contribution in [0.1, 0.15) is 18.4 Å². The molecule has 126 valence electrons. The lowest BCUT2D eigenvalue weighted by atomic mass is 10.1. The third kappa shape index (κ3) is 4.10. The van der Waals surface area contributed by atoms with Crippen LogP contribution >= 0.6 is 0 Å². The van der Waals surface area contributed by atoms with Crippen molar-refractivity contribution in [2.24, 2.45) is 0 Å². The summed E-state index contributed by atoms with van der Waals surface area (Å²) >= 11 is 0. The third-order valence-corrected chi connectivity index (χ3v) is 4.52. The number of urea groups is 1. The van der Waals surface area contributed by atoms with Crippen molar-refractivity contribution in [2.45, 2.75) is 25.9 Å². The minimum absolute atomic E-state index is 0.0919. The SMILES string of the molecule is Cc1cnc(OC2CCN(C(=O)N3CCN(C)CC3)CC2)nc1. The van der Waals surface area contributed by atoms with Crippen LogP contribution < -0.4 is 4.74 Å². The molecule has 1 aromatic rings. The molecular weight excluding hydrogens is 294 g/mol. The molecule has 0 atom stereocenters. The average Bonchev–Trinajstić information content (AvgIpc) is 2.58. The summed E-state index contributed by atoms with van der Waals surface area (Å²) in [5.74, 6) is 0. The Labute approximate surface area is 137 Å². The highest BCUT2D eigenvalue weighted by Crippen LogP contribution is 2.17. The van der Waals surface area contributed by atoms with Gasteiger partial charge in [-0.15, -0.1) is 0 Å². The third-order valence-electron chi connectivity index (χ3n) is 4.52. The number of hydrogen-bond acceptors (Lipinski definition) is 5. The maximum atomic E-state index is 12.5. The lowest BCUT2D eigenvalue weighted by Crippen LogP contribution is -2.54. The standard InChI is InChI=1S/C16H25N5O2/c1-13-11-17-15(18-12-13)23-14-3-5-20(6-4-14)16(22)21-9-7-19(2)8-10-21/h11-12,14H,3-10H2,1-2H3. The number of likely N-dealkylation sites (N-methyl/N-ethyl adjacent to an activating group) is 1. The zero-order chi connectivity index (χ0) is 16.2.